The number of nitrogens with two attached hydrogens (primary N) is 1. The van der Waals surface area contributed by atoms with Gasteiger partial charge in [-0.05, 0) is 48.8 Å². The van der Waals surface area contributed by atoms with E-state index in [0.717, 1.165) is 51.5 Å². The Kier molecular flexibility index (Phi) is 6.10. The highest BCUT2D eigenvalue weighted by atomic mass is 16.5. The Labute approximate surface area is 145 Å². The average Bonchev–Trinajstić information content (AvgIpc) is 2.61. The molecule has 3 rings (SSSR count). The number of rotatable bonds is 5. The summed E-state index contributed by atoms with van der Waals surface area (Å²) in [6.07, 6.45) is 4.87. The fourth-order valence-corrected chi connectivity index (χ4v) is 3.61. The first kappa shape index (κ1) is 17.2. The van der Waals surface area contributed by atoms with E-state index in [1.54, 1.807) is 0 Å². The number of anilines is 1. The molecule has 132 valence electrons. The molecule has 0 aromatic heterocycles. The van der Waals surface area contributed by atoms with Gasteiger partial charge >= 0.3 is 0 Å². The van der Waals surface area contributed by atoms with Gasteiger partial charge in [-0.3, -0.25) is 9.89 Å². The highest BCUT2D eigenvalue weighted by molar-refractivity contribution is 5.93. The standard InChI is InChI=1S/C19H30N4O/c1-15(14-23-9-11-24-12-10-23)13-21-19(20)22-18-8-4-6-16-5-2-3-7-17(16)18/h4,6,8,15H,2-3,5,7,9-14H2,1H3,(H3,20,21,22). The monoisotopic (exact) mass is 330 g/mol. The number of guanidine groups is 1. The first-order chi connectivity index (χ1) is 11.7. The number of morpholine rings is 1. The third-order valence-electron chi connectivity index (χ3n) is 4.91. The summed E-state index contributed by atoms with van der Waals surface area (Å²) in [5, 5.41) is 3.32. The van der Waals surface area contributed by atoms with Crippen LogP contribution >= 0.6 is 0 Å². The van der Waals surface area contributed by atoms with Crippen LogP contribution in [0.2, 0.25) is 0 Å². The maximum Gasteiger partial charge on any atom is 0.193 e. The maximum atomic E-state index is 6.13. The molecule has 1 atom stereocenters. The minimum Gasteiger partial charge on any atom is -0.379 e. The molecule has 0 bridgehead atoms. The lowest BCUT2D eigenvalue weighted by Crippen LogP contribution is -2.39. The Morgan fingerprint density at radius 3 is 2.92 bits per heavy atom. The van der Waals surface area contributed by atoms with Gasteiger partial charge in [0.25, 0.3) is 0 Å². The summed E-state index contributed by atoms with van der Waals surface area (Å²) in [4.78, 5) is 7.00. The molecular formula is C19H30N4O. The Morgan fingerprint density at radius 2 is 2.08 bits per heavy atom. The van der Waals surface area contributed by atoms with Crippen LogP contribution in [0.3, 0.4) is 0 Å². The molecule has 0 saturated carbocycles. The second-order valence-corrected chi connectivity index (χ2v) is 7.02. The van der Waals surface area contributed by atoms with Crippen molar-refractivity contribution in [3.05, 3.63) is 29.3 Å². The summed E-state index contributed by atoms with van der Waals surface area (Å²) >= 11 is 0. The molecule has 1 fully saturated rings. The van der Waals surface area contributed by atoms with Crippen molar-refractivity contribution in [2.24, 2.45) is 16.6 Å². The fraction of sp³-hybridized carbons (Fsp3) is 0.632. The summed E-state index contributed by atoms with van der Waals surface area (Å²) in [5.74, 6) is 1.02. The van der Waals surface area contributed by atoms with Crippen LogP contribution in [0, 0.1) is 5.92 Å². The van der Waals surface area contributed by atoms with Gasteiger partial charge < -0.3 is 15.8 Å². The first-order valence-corrected chi connectivity index (χ1v) is 9.20. The van der Waals surface area contributed by atoms with Gasteiger partial charge in [0, 0.05) is 31.9 Å². The molecule has 1 heterocycles. The highest BCUT2D eigenvalue weighted by Gasteiger charge is 2.15. The summed E-state index contributed by atoms with van der Waals surface area (Å²) in [6.45, 7) is 7.79. The Balaban J connectivity index is 1.52. The second-order valence-electron chi connectivity index (χ2n) is 7.02. The van der Waals surface area contributed by atoms with Crippen molar-refractivity contribution in [1.82, 2.24) is 4.90 Å². The minimum absolute atomic E-state index is 0.494. The van der Waals surface area contributed by atoms with Crippen LogP contribution in [0.1, 0.15) is 30.9 Å². The van der Waals surface area contributed by atoms with Crippen LogP contribution in [0.15, 0.2) is 23.2 Å². The number of aliphatic imine (C=N–C) groups is 1. The quantitative estimate of drug-likeness (QED) is 0.642. The van der Waals surface area contributed by atoms with Crippen LogP contribution in [-0.2, 0) is 17.6 Å². The molecule has 0 spiro atoms. The Hall–Kier alpha value is -1.59. The Morgan fingerprint density at radius 1 is 1.29 bits per heavy atom. The van der Waals surface area contributed by atoms with Crippen LogP contribution < -0.4 is 11.1 Å². The number of ether oxygens (including phenoxy) is 1. The van der Waals surface area contributed by atoms with Crippen LogP contribution in [-0.4, -0.2) is 50.3 Å². The topological polar surface area (TPSA) is 62.9 Å². The molecule has 3 N–H and O–H groups in total. The van der Waals surface area contributed by atoms with Crippen molar-refractivity contribution in [1.29, 1.82) is 0 Å². The first-order valence-electron chi connectivity index (χ1n) is 9.20. The van der Waals surface area contributed by atoms with Crippen LogP contribution in [0.25, 0.3) is 0 Å². The average molecular weight is 330 g/mol. The van der Waals surface area contributed by atoms with E-state index in [-0.39, 0.29) is 0 Å². The number of nitrogens with one attached hydrogen (secondary N) is 1. The third kappa shape index (κ3) is 4.71. The number of benzene rings is 1. The predicted octanol–water partition coefficient (Wildman–Crippen LogP) is 2.26. The van der Waals surface area contributed by atoms with Crippen molar-refractivity contribution in [2.75, 3.05) is 44.7 Å². The lowest BCUT2D eigenvalue weighted by atomic mass is 9.90. The second kappa shape index (κ2) is 8.49. The van der Waals surface area contributed by atoms with Gasteiger partial charge in [0.15, 0.2) is 5.96 Å². The summed E-state index contributed by atoms with van der Waals surface area (Å²) in [7, 11) is 0. The van der Waals surface area contributed by atoms with Crippen molar-refractivity contribution in [3.63, 3.8) is 0 Å². The predicted molar refractivity (Wildman–Crippen MR) is 99.6 cm³/mol. The van der Waals surface area contributed by atoms with Crippen LogP contribution in [0.5, 0.6) is 0 Å². The van der Waals surface area contributed by atoms with Gasteiger partial charge in [-0.1, -0.05) is 19.1 Å². The molecular weight excluding hydrogens is 300 g/mol. The van der Waals surface area contributed by atoms with E-state index < -0.39 is 0 Å². The summed E-state index contributed by atoms with van der Waals surface area (Å²) < 4.78 is 5.39. The van der Waals surface area contributed by atoms with Gasteiger partial charge in [-0.2, -0.15) is 0 Å². The van der Waals surface area contributed by atoms with E-state index in [0.29, 0.717) is 11.9 Å². The molecule has 0 amide bonds. The largest absolute Gasteiger partial charge is 0.379 e. The number of fused-ring (bicyclic) bond motifs is 1. The number of nitrogens with zero attached hydrogens (tertiary/aromatic N) is 2. The lowest BCUT2D eigenvalue weighted by Gasteiger charge is -2.28. The van der Waals surface area contributed by atoms with Crippen molar-refractivity contribution in [3.8, 4) is 0 Å². The van der Waals surface area contributed by atoms with Crippen molar-refractivity contribution in [2.45, 2.75) is 32.6 Å². The highest BCUT2D eigenvalue weighted by Crippen LogP contribution is 2.27. The van der Waals surface area contributed by atoms with E-state index in [1.807, 2.05) is 0 Å². The molecule has 1 unspecified atom stereocenters. The van der Waals surface area contributed by atoms with E-state index in [1.165, 1.54) is 30.4 Å². The van der Waals surface area contributed by atoms with Gasteiger partial charge in [0.05, 0.1) is 13.2 Å². The zero-order valence-electron chi connectivity index (χ0n) is 14.8. The van der Waals surface area contributed by atoms with E-state index >= 15 is 0 Å². The molecule has 1 aliphatic heterocycles. The van der Waals surface area contributed by atoms with E-state index in [2.05, 4.69) is 40.3 Å². The molecule has 1 saturated heterocycles. The number of hydrogen-bond acceptors (Lipinski definition) is 3. The van der Waals surface area contributed by atoms with Crippen molar-refractivity contribution >= 4 is 11.6 Å². The third-order valence-corrected chi connectivity index (χ3v) is 4.91. The van der Waals surface area contributed by atoms with Gasteiger partial charge in [-0.25, -0.2) is 0 Å². The molecule has 24 heavy (non-hydrogen) atoms. The molecule has 0 radical (unpaired) electrons. The fourth-order valence-electron chi connectivity index (χ4n) is 3.61. The molecule has 1 aromatic carbocycles. The molecule has 2 aliphatic rings. The smallest absolute Gasteiger partial charge is 0.193 e. The maximum absolute atomic E-state index is 6.13. The minimum atomic E-state index is 0.494. The van der Waals surface area contributed by atoms with E-state index in [4.69, 9.17) is 10.5 Å². The molecule has 5 nitrogen and oxygen atoms in total. The van der Waals surface area contributed by atoms with Crippen molar-refractivity contribution < 1.29 is 4.74 Å². The Bertz CT molecular complexity index is 566. The summed E-state index contributed by atoms with van der Waals surface area (Å²) in [6, 6.07) is 6.46. The molecule has 1 aliphatic carbocycles. The lowest BCUT2D eigenvalue weighted by molar-refractivity contribution is 0.0323. The van der Waals surface area contributed by atoms with E-state index in [9.17, 15) is 0 Å². The molecule has 5 heteroatoms. The number of hydrogen-bond donors (Lipinski definition) is 2. The normalized spacial score (nSPS) is 20.5. The summed E-state index contributed by atoms with van der Waals surface area (Å²) in [5.41, 5.74) is 10.1. The van der Waals surface area contributed by atoms with Gasteiger partial charge in [0.2, 0.25) is 0 Å². The SMILES string of the molecule is CC(CN=C(N)Nc1cccc2c1CCCC2)CN1CCOCC1. The zero-order chi connectivity index (χ0) is 16.8. The van der Waals surface area contributed by atoms with Gasteiger partial charge in [-0.15, -0.1) is 0 Å². The zero-order valence-corrected chi connectivity index (χ0v) is 14.8. The number of aryl methyl sites for hydroxylation is 1. The molecule has 1 aromatic rings. The van der Waals surface area contributed by atoms with Crippen LogP contribution in [0.4, 0.5) is 5.69 Å². The van der Waals surface area contributed by atoms with Gasteiger partial charge in [0.1, 0.15) is 0 Å².